The average Bonchev–Trinajstić information content (AvgIpc) is 3.05. The first kappa shape index (κ1) is 24.9. The number of rotatable bonds is 6. The minimum Gasteiger partial charge on any atom is -0.497 e. The molecule has 7 heteroatoms. The third-order valence-corrected chi connectivity index (χ3v) is 9.07. The lowest BCUT2D eigenvalue weighted by molar-refractivity contribution is 0.0949. The van der Waals surface area contributed by atoms with E-state index in [2.05, 4.69) is 22.1 Å². The molecule has 5 nitrogen and oxygen atoms in total. The second kappa shape index (κ2) is 11.1. The van der Waals surface area contributed by atoms with E-state index in [0.717, 1.165) is 30.9 Å². The van der Waals surface area contributed by atoms with Gasteiger partial charge in [-0.1, -0.05) is 47.5 Å². The first-order chi connectivity index (χ1) is 18.1. The normalized spacial score (nSPS) is 14.2. The molecule has 1 unspecified atom stereocenters. The fraction of sp³-hybridized carbons (Fsp3) is 0.100. The number of benzene rings is 4. The third kappa shape index (κ3) is 5.48. The molecular weight excluding hydrogens is 500 g/mol. The highest BCUT2D eigenvalue weighted by Crippen LogP contribution is 2.44. The topological polar surface area (TPSA) is 67.4 Å². The van der Waals surface area contributed by atoms with Gasteiger partial charge in [-0.05, 0) is 73.2 Å². The van der Waals surface area contributed by atoms with Gasteiger partial charge in [-0.2, -0.15) is 0 Å². The Morgan fingerprint density at radius 3 is 2.54 bits per heavy atom. The summed E-state index contributed by atoms with van der Waals surface area (Å²) in [6.07, 6.45) is 0. The molecule has 0 spiro atoms. The van der Waals surface area contributed by atoms with Gasteiger partial charge in [0.25, 0.3) is 11.8 Å². The van der Waals surface area contributed by atoms with Gasteiger partial charge in [0.05, 0.1) is 18.4 Å². The Bertz CT molecular complexity index is 1530. The van der Waals surface area contributed by atoms with Crippen LogP contribution in [-0.2, 0) is 6.54 Å². The van der Waals surface area contributed by atoms with Crippen LogP contribution < -0.4 is 15.4 Å². The molecule has 1 heterocycles. The van der Waals surface area contributed by atoms with Crippen LogP contribution in [0.15, 0.2) is 111 Å². The molecule has 0 fully saturated rings. The second-order valence-corrected chi connectivity index (χ2v) is 11.5. The predicted molar refractivity (Wildman–Crippen MR) is 151 cm³/mol. The van der Waals surface area contributed by atoms with Gasteiger partial charge in [0.2, 0.25) is 0 Å². The molecular formula is C30H26N2O3S2. The number of hydrogen-bond acceptors (Lipinski definition) is 4. The molecule has 1 atom stereocenters. The summed E-state index contributed by atoms with van der Waals surface area (Å²) in [5, 5.41) is 8.13. The summed E-state index contributed by atoms with van der Waals surface area (Å²) < 4.78 is 5.31. The van der Waals surface area contributed by atoms with E-state index in [1.54, 1.807) is 24.9 Å². The van der Waals surface area contributed by atoms with Crippen LogP contribution in [0.4, 0.5) is 5.69 Å². The van der Waals surface area contributed by atoms with E-state index in [1.165, 1.54) is 0 Å². The van der Waals surface area contributed by atoms with Crippen molar-refractivity contribution in [1.82, 2.24) is 5.32 Å². The van der Waals surface area contributed by atoms with Crippen molar-refractivity contribution in [3.05, 3.63) is 108 Å². The minimum absolute atomic E-state index is 0.156. The van der Waals surface area contributed by atoms with Crippen LogP contribution in [0.2, 0.25) is 0 Å². The van der Waals surface area contributed by atoms with Crippen LogP contribution in [0, 0.1) is 0 Å². The summed E-state index contributed by atoms with van der Waals surface area (Å²) in [5.41, 5.74) is 2.85. The van der Waals surface area contributed by atoms with Crippen LogP contribution in [0.25, 0.3) is 0 Å². The highest BCUT2D eigenvalue weighted by Gasteiger charge is 2.22. The Balaban J connectivity index is 1.31. The Hall–Kier alpha value is -3.81. The molecule has 4 aromatic carbocycles. The molecule has 5 rings (SSSR count). The van der Waals surface area contributed by atoms with Crippen molar-refractivity contribution in [2.45, 2.75) is 33.1 Å². The van der Waals surface area contributed by atoms with Crippen molar-refractivity contribution in [2.24, 2.45) is 0 Å². The number of fused-ring (bicyclic) bond motifs is 2. The number of anilines is 1. The van der Waals surface area contributed by atoms with Gasteiger partial charge in [0.15, 0.2) is 0 Å². The van der Waals surface area contributed by atoms with Crippen LogP contribution in [0.1, 0.15) is 33.2 Å². The lowest BCUT2D eigenvalue weighted by Gasteiger charge is -2.13. The standard InChI is InChI=1S/C30H26N2O3S2/c1-3-37-27-13-5-4-12-25(27)30(34)32-26-17-21(14-15-28(26)37)29(33)31-19-20-8-6-10-23(16-20)36-24-11-7-9-22(18-24)35-2/h3-18H,19H2,1-2H3,(H,31,33)(H,32,34). The van der Waals surface area contributed by atoms with Gasteiger partial charge in [0, 0.05) is 31.7 Å². The molecule has 0 aliphatic carbocycles. The van der Waals surface area contributed by atoms with Crippen LogP contribution in [0.3, 0.4) is 0 Å². The Labute approximate surface area is 223 Å². The van der Waals surface area contributed by atoms with Gasteiger partial charge >= 0.3 is 0 Å². The zero-order valence-corrected chi connectivity index (χ0v) is 22.1. The second-order valence-electron chi connectivity index (χ2n) is 8.35. The summed E-state index contributed by atoms with van der Waals surface area (Å²) in [6.45, 7) is 2.40. The molecule has 0 bridgehead atoms. The van der Waals surface area contributed by atoms with Gasteiger partial charge in [-0.3, -0.25) is 9.59 Å². The smallest absolute Gasteiger partial charge is 0.256 e. The molecule has 37 heavy (non-hydrogen) atoms. The number of ether oxygens (including phenoxy) is 1. The first-order valence-electron chi connectivity index (χ1n) is 11.8. The van der Waals surface area contributed by atoms with E-state index in [0.29, 0.717) is 23.4 Å². The fourth-order valence-electron chi connectivity index (χ4n) is 4.17. The Kier molecular flexibility index (Phi) is 7.44. The number of hydrogen-bond donors (Lipinski definition) is 2. The molecule has 186 valence electrons. The van der Waals surface area contributed by atoms with E-state index in [-0.39, 0.29) is 22.3 Å². The largest absolute Gasteiger partial charge is 0.497 e. The van der Waals surface area contributed by atoms with Crippen LogP contribution in [-0.4, -0.2) is 24.3 Å². The monoisotopic (exact) mass is 526 g/mol. The molecule has 2 N–H and O–H groups in total. The number of carbonyl (C=O) groups excluding carboxylic acids is 2. The molecule has 0 saturated carbocycles. The van der Waals surface area contributed by atoms with Crippen LogP contribution in [0.5, 0.6) is 5.75 Å². The van der Waals surface area contributed by atoms with Gasteiger partial charge in [0.1, 0.15) is 5.75 Å². The van der Waals surface area contributed by atoms with Crippen molar-refractivity contribution in [3.63, 3.8) is 0 Å². The molecule has 2 amide bonds. The molecule has 1 aliphatic rings. The van der Waals surface area contributed by atoms with E-state index < -0.39 is 0 Å². The lowest BCUT2D eigenvalue weighted by Crippen LogP contribution is -2.23. The maximum Gasteiger partial charge on any atom is 0.256 e. The van der Waals surface area contributed by atoms with Gasteiger partial charge in [-0.25, -0.2) is 0 Å². The summed E-state index contributed by atoms with van der Waals surface area (Å²) in [7, 11) is 1.29. The van der Waals surface area contributed by atoms with Crippen molar-refractivity contribution in [2.75, 3.05) is 12.4 Å². The molecule has 0 radical (unpaired) electrons. The van der Waals surface area contributed by atoms with E-state index in [4.69, 9.17) is 4.74 Å². The zero-order chi connectivity index (χ0) is 25.8. The molecule has 0 aromatic heterocycles. The minimum atomic E-state index is -0.367. The highest BCUT2D eigenvalue weighted by atomic mass is 32.2. The van der Waals surface area contributed by atoms with E-state index >= 15 is 0 Å². The average molecular weight is 527 g/mol. The van der Waals surface area contributed by atoms with Crippen molar-refractivity contribution >= 4 is 45.1 Å². The van der Waals surface area contributed by atoms with Crippen LogP contribution >= 0.6 is 22.2 Å². The zero-order valence-electron chi connectivity index (χ0n) is 20.5. The SMILES string of the molecule is C/C=S1/c2ccc(C(=O)NCc3cccc(Sc4cccc(OC)c4)c3)cc2NC(=O)c2ccccc21. The van der Waals surface area contributed by atoms with E-state index in [1.807, 2.05) is 85.8 Å². The number of nitrogens with one attached hydrogen (secondary N) is 2. The number of amides is 2. The van der Waals surface area contributed by atoms with Crippen molar-refractivity contribution < 1.29 is 14.3 Å². The first-order valence-corrected chi connectivity index (χ1v) is 13.9. The fourth-order valence-corrected chi connectivity index (χ4v) is 7.05. The van der Waals surface area contributed by atoms with Gasteiger partial charge in [-0.15, -0.1) is 10.5 Å². The van der Waals surface area contributed by atoms with Crippen molar-refractivity contribution in [3.8, 4) is 5.75 Å². The molecule has 0 saturated heterocycles. The molecule has 4 aromatic rings. The number of methoxy groups -OCH3 is 1. The quantitative estimate of drug-likeness (QED) is 0.270. The number of carbonyl (C=O) groups is 2. The summed E-state index contributed by atoms with van der Waals surface area (Å²) in [6, 6.07) is 29.2. The maximum absolute atomic E-state index is 13.0. The summed E-state index contributed by atoms with van der Waals surface area (Å²) >= 11 is 1.64. The summed E-state index contributed by atoms with van der Waals surface area (Å²) in [4.78, 5) is 30.1. The summed E-state index contributed by atoms with van der Waals surface area (Å²) in [5.74, 6) is 0.472. The van der Waals surface area contributed by atoms with Gasteiger partial charge < -0.3 is 15.4 Å². The maximum atomic E-state index is 13.0. The van der Waals surface area contributed by atoms with Crippen molar-refractivity contribution in [1.29, 1.82) is 0 Å². The Morgan fingerprint density at radius 2 is 1.73 bits per heavy atom. The predicted octanol–water partition coefficient (Wildman–Crippen LogP) is 6.85. The molecule has 1 aliphatic heterocycles. The third-order valence-electron chi connectivity index (χ3n) is 5.96. The highest BCUT2D eigenvalue weighted by molar-refractivity contribution is 8.15. The Morgan fingerprint density at radius 1 is 0.946 bits per heavy atom. The lowest BCUT2D eigenvalue weighted by atomic mass is 10.1. The van der Waals surface area contributed by atoms with E-state index in [9.17, 15) is 9.59 Å².